The Kier molecular flexibility index (Phi) is 2.16. The van der Waals surface area contributed by atoms with Crippen LogP contribution in [-0.4, -0.2) is 16.9 Å². The molecule has 80 valence electrons. The number of carbonyl (C=O) groups is 1. The molecule has 0 atom stereocenters. The second-order valence-electron chi connectivity index (χ2n) is 3.89. The number of hydrogen-bond acceptors (Lipinski definition) is 3. The minimum absolute atomic E-state index is 0.184. The molecule has 15 heavy (non-hydrogen) atoms. The lowest BCUT2D eigenvalue weighted by molar-refractivity contribution is -0.180. The highest BCUT2D eigenvalue weighted by atomic mass is 16.7. The smallest absolute Gasteiger partial charge is 0.339 e. The summed E-state index contributed by atoms with van der Waals surface area (Å²) in [6.07, 6.45) is 0. The molecule has 0 radical (unpaired) electrons. The minimum atomic E-state index is -0.982. The van der Waals surface area contributed by atoms with Crippen molar-refractivity contribution >= 4 is 5.97 Å². The van der Waals surface area contributed by atoms with E-state index < -0.39 is 11.8 Å². The van der Waals surface area contributed by atoms with Crippen LogP contribution in [0.4, 0.5) is 0 Å². The van der Waals surface area contributed by atoms with Crippen molar-refractivity contribution in [2.45, 2.75) is 26.2 Å². The first-order valence-corrected chi connectivity index (χ1v) is 4.68. The molecule has 1 aliphatic rings. The number of rotatable bonds is 1. The molecule has 1 aliphatic heterocycles. The number of para-hydroxylation sites is 1. The van der Waals surface area contributed by atoms with Crippen molar-refractivity contribution in [3.63, 3.8) is 0 Å². The third kappa shape index (κ3) is 1.80. The van der Waals surface area contributed by atoms with Gasteiger partial charge in [0.1, 0.15) is 11.3 Å². The normalized spacial score (nSPS) is 17.7. The first kappa shape index (κ1) is 9.98. The third-order valence-electron chi connectivity index (χ3n) is 2.25. The lowest BCUT2D eigenvalue weighted by Gasteiger charge is -2.33. The Balaban J connectivity index is 2.50. The molecule has 4 heteroatoms. The van der Waals surface area contributed by atoms with E-state index in [-0.39, 0.29) is 5.56 Å². The molecule has 1 heterocycles. The Labute approximate surface area is 87.4 Å². The van der Waals surface area contributed by atoms with Gasteiger partial charge in [0.25, 0.3) is 0 Å². The molecular weight excluding hydrogens is 196 g/mol. The van der Waals surface area contributed by atoms with Crippen molar-refractivity contribution in [3.05, 3.63) is 29.3 Å². The Morgan fingerprint density at radius 1 is 1.47 bits per heavy atom. The predicted molar refractivity (Wildman–Crippen MR) is 52.9 cm³/mol. The topological polar surface area (TPSA) is 55.8 Å². The van der Waals surface area contributed by atoms with Crippen molar-refractivity contribution in [3.8, 4) is 5.75 Å². The highest BCUT2D eigenvalue weighted by Gasteiger charge is 2.30. The second-order valence-corrected chi connectivity index (χ2v) is 3.89. The van der Waals surface area contributed by atoms with Gasteiger partial charge in [0.15, 0.2) is 0 Å². The molecule has 0 aromatic heterocycles. The van der Waals surface area contributed by atoms with Gasteiger partial charge in [0, 0.05) is 19.4 Å². The molecule has 0 aliphatic carbocycles. The molecule has 0 amide bonds. The fourth-order valence-electron chi connectivity index (χ4n) is 1.51. The van der Waals surface area contributed by atoms with Crippen LogP contribution in [0, 0.1) is 0 Å². The average Bonchev–Trinajstić information content (AvgIpc) is 2.15. The van der Waals surface area contributed by atoms with Gasteiger partial charge in [-0.05, 0) is 6.07 Å². The van der Waals surface area contributed by atoms with Gasteiger partial charge in [-0.25, -0.2) is 4.79 Å². The van der Waals surface area contributed by atoms with Crippen LogP contribution in [-0.2, 0) is 11.3 Å². The molecule has 1 aromatic rings. The maximum Gasteiger partial charge on any atom is 0.339 e. The predicted octanol–water partition coefficient (Wildman–Crippen LogP) is 2.03. The molecule has 0 fully saturated rings. The van der Waals surface area contributed by atoms with Crippen LogP contribution in [0.2, 0.25) is 0 Å². The van der Waals surface area contributed by atoms with E-state index in [1.165, 1.54) is 6.07 Å². The fourth-order valence-corrected chi connectivity index (χ4v) is 1.51. The second kappa shape index (κ2) is 3.24. The van der Waals surface area contributed by atoms with E-state index in [1.54, 1.807) is 26.0 Å². The summed E-state index contributed by atoms with van der Waals surface area (Å²) in [5, 5.41) is 8.99. The number of carboxylic acids is 1. The van der Waals surface area contributed by atoms with E-state index in [1.807, 2.05) is 0 Å². The van der Waals surface area contributed by atoms with E-state index in [0.29, 0.717) is 12.4 Å². The Morgan fingerprint density at radius 3 is 2.87 bits per heavy atom. The molecular formula is C11H12O4. The van der Waals surface area contributed by atoms with Crippen LogP contribution >= 0.6 is 0 Å². The van der Waals surface area contributed by atoms with Gasteiger partial charge in [-0.2, -0.15) is 0 Å². The molecule has 4 nitrogen and oxygen atoms in total. The van der Waals surface area contributed by atoms with Gasteiger partial charge in [0.05, 0.1) is 6.61 Å². The average molecular weight is 208 g/mol. The quantitative estimate of drug-likeness (QED) is 0.767. The van der Waals surface area contributed by atoms with E-state index in [2.05, 4.69) is 0 Å². The van der Waals surface area contributed by atoms with Gasteiger partial charge < -0.3 is 14.6 Å². The summed E-state index contributed by atoms with van der Waals surface area (Å²) >= 11 is 0. The largest absolute Gasteiger partial charge is 0.478 e. The highest BCUT2D eigenvalue weighted by Crippen LogP contribution is 2.33. The third-order valence-corrected chi connectivity index (χ3v) is 2.25. The SMILES string of the molecule is CC1(C)OCc2cccc(C(=O)O)c2O1. The summed E-state index contributed by atoms with van der Waals surface area (Å²) in [4.78, 5) is 11.0. The van der Waals surface area contributed by atoms with Crippen LogP contribution in [0.15, 0.2) is 18.2 Å². The van der Waals surface area contributed by atoms with Gasteiger partial charge in [0.2, 0.25) is 5.79 Å². The van der Waals surface area contributed by atoms with Crippen molar-refractivity contribution in [1.29, 1.82) is 0 Å². The van der Waals surface area contributed by atoms with E-state index >= 15 is 0 Å². The summed E-state index contributed by atoms with van der Waals surface area (Å²) < 4.78 is 10.9. The Hall–Kier alpha value is -1.55. The van der Waals surface area contributed by atoms with Crippen LogP contribution in [0.1, 0.15) is 29.8 Å². The fraction of sp³-hybridized carbons (Fsp3) is 0.364. The summed E-state index contributed by atoms with van der Waals surface area (Å²) in [5.41, 5.74) is 0.957. The maximum absolute atomic E-state index is 11.0. The maximum atomic E-state index is 11.0. The zero-order valence-corrected chi connectivity index (χ0v) is 8.61. The van der Waals surface area contributed by atoms with E-state index in [0.717, 1.165) is 5.56 Å². The number of aromatic carboxylic acids is 1. The molecule has 0 saturated carbocycles. The molecule has 1 N–H and O–H groups in total. The van der Waals surface area contributed by atoms with Crippen molar-refractivity contribution in [2.24, 2.45) is 0 Å². The lowest BCUT2D eigenvalue weighted by Crippen LogP contribution is -2.36. The van der Waals surface area contributed by atoms with Gasteiger partial charge >= 0.3 is 5.97 Å². The zero-order chi connectivity index (χ0) is 11.1. The summed E-state index contributed by atoms with van der Waals surface area (Å²) in [6, 6.07) is 5.02. The number of hydrogen-bond donors (Lipinski definition) is 1. The van der Waals surface area contributed by atoms with Crippen LogP contribution in [0.5, 0.6) is 5.75 Å². The number of ether oxygens (including phenoxy) is 2. The van der Waals surface area contributed by atoms with Gasteiger partial charge in [-0.1, -0.05) is 12.1 Å². The molecule has 1 aromatic carbocycles. The minimum Gasteiger partial charge on any atom is -0.478 e. The lowest BCUT2D eigenvalue weighted by atomic mass is 10.1. The Bertz CT molecular complexity index is 409. The van der Waals surface area contributed by atoms with Crippen molar-refractivity contribution < 1.29 is 19.4 Å². The molecule has 2 rings (SSSR count). The van der Waals surface area contributed by atoms with Crippen molar-refractivity contribution in [2.75, 3.05) is 0 Å². The van der Waals surface area contributed by atoms with Gasteiger partial charge in [-0.15, -0.1) is 0 Å². The summed E-state index contributed by atoms with van der Waals surface area (Å²) in [5.74, 6) is -1.33. The first-order valence-electron chi connectivity index (χ1n) is 4.68. The number of carboxylic acid groups (broad SMARTS) is 1. The van der Waals surface area contributed by atoms with Crippen LogP contribution < -0.4 is 4.74 Å². The first-order chi connectivity index (χ1) is 6.99. The van der Waals surface area contributed by atoms with E-state index in [4.69, 9.17) is 14.6 Å². The number of fused-ring (bicyclic) bond motifs is 1. The van der Waals surface area contributed by atoms with Crippen LogP contribution in [0.3, 0.4) is 0 Å². The standard InChI is InChI=1S/C11H12O4/c1-11(2)14-6-7-4-3-5-8(10(12)13)9(7)15-11/h3-5H,6H2,1-2H3,(H,12,13). The summed E-state index contributed by atoms with van der Waals surface area (Å²) in [6.45, 7) is 3.90. The summed E-state index contributed by atoms with van der Waals surface area (Å²) in [7, 11) is 0. The highest BCUT2D eigenvalue weighted by molar-refractivity contribution is 5.91. The van der Waals surface area contributed by atoms with E-state index in [9.17, 15) is 4.79 Å². The van der Waals surface area contributed by atoms with Crippen molar-refractivity contribution in [1.82, 2.24) is 0 Å². The number of benzene rings is 1. The van der Waals surface area contributed by atoms with Gasteiger partial charge in [-0.3, -0.25) is 0 Å². The monoisotopic (exact) mass is 208 g/mol. The zero-order valence-electron chi connectivity index (χ0n) is 8.61. The molecule has 0 bridgehead atoms. The molecule has 0 spiro atoms. The Morgan fingerprint density at radius 2 is 2.20 bits per heavy atom. The molecule has 0 unspecified atom stereocenters. The van der Waals surface area contributed by atoms with Crippen LogP contribution in [0.25, 0.3) is 0 Å². The molecule has 0 saturated heterocycles.